The molecule has 1 fully saturated rings. The monoisotopic (exact) mass is 566 g/mol. The van der Waals surface area contributed by atoms with Gasteiger partial charge in [0.05, 0.1) is 13.2 Å². The Labute approximate surface area is 230 Å². The highest BCUT2D eigenvalue weighted by atomic mass is 19.2. The molecule has 0 aromatic heterocycles. The van der Waals surface area contributed by atoms with Gasteiger partial charge in [-0.05, 0) is 86.3 Å². The molecule has 0 unspecified atom stereocenters. The van der Waals surface area contributed by atoms with Crippen molar-refractivity contribution < 1.29 is 40.6 Å². The van der Waals surface area contributed by atoms with Gasteiger partial charge in [0.25, 0.3) is 0 Å². The third kappa shape index (κ3) is 6.34. The van der Waals surface area contributed by atoms with Crippen LogP contribution in [0.15, 0.2) is 36.4 Å². The van der Waals surface area contributed by atoms with E-state index in [1.807, 2.05) is 6.92 Å². The smallest absolute Gasteiger partial charge is 0.201 e. The van der Waals surface area contributed by atoms with Crippen LogP contribution in [0.5, 0.6) is 17.2 Å². The van der Waals surface area contributed by atoms with E-state index < -0.39 is 47.3 Å². The molecule has 0 aliphatic heterocycles. The maximum Gasteiger partial charge on any atom is 0.201 e. The van der Waals surface area contributed by atoms with Crippen molar-refractivity contribution in [2.45, 2.75) is 70.8 Å². The second-order valence-corrected chi connectivity index (χ2v) is 9.88. The topological polar surface area (TPSA) is 27.7 Å². The molecule has 0 radical (unpaired) electrons. The van der Waals surface area contributed by atoms with E-state index >= 15 is 4.39 Å². The molecular weight excluding hydrogens is 534 g/mol. The first-order valence-corrected chi connectivity index (χ1v) is 13.6. The summed E-state index contributed by atoms with van der Waals surface area (Å²) in [5.74, 6) is -7.96. The highest BCUT2D eigenvalue weighted by molar-refractivity contribution is 5.36. The summed E-state index contributed by atoms with van der Waals surface area (Å²) in [5, 5.41) is 0. The van der Waals surface area contributed by atoms with Crippen LogP contribution < -0.4 is 14.2 Å². The van der Waals surface area contributed by atoms with Gasteiger partial charge in [0.2, 0.25) is 17.5 Å². The molecule has 0 amide bonds. The molecule has 0 heterocycles. The Balaban J connectivity index is 1.40. The molecule has 1 aliphatic rings. The van der Waals surface area contributed by atoms with E-state index in [-0.39, 0.29) is 53.2 Å². The third-order valence-electron chi connectivity index (χ3n) is 7.33. The van der Waals surface area contributed by atoms with E-state index in [0.717, 1.165) is 6.42 Å². The van der Waals surface area contributed by atoms with Crippen molar-refractivity contribution in [2.24, 2.45) is 0 Å². The molecule has 216 valence electrons. The first-order chi connectivity index (χ1) is 19.3. The molecule has 3 aromatic rings. The molecular formula is C31H32F6O3. The van der Waals surface area contributed by atoms with E-state index in [4.69, 9.17) is 14.2 Å². The highest BCUT2D eigenvalue weighted by Gasteiger charge is 2.30. The summed E-state index contributed by atoms with van der Waals surface area (Å²) < 4.78 is 103. The zero-order chi connectivity index (χ0) is 28.8. The van der Waals surface area contributed by atoms with Gasteiger partial charge in [-0.2, -0.15) is 13.2 Å². The fourth-order valence-electron chi connectivity index (χ4n) is 5.09. The Kier molecular flexibility index (Phi) is 9.87. The van der Waals surface area contributed by atoms with Gasteiger partial charge < -0.3 is 14.2 Å². The SMILES string of the molecule is CCCCOc1ccc(COc2ccc(C3CCC(c4ccc(OCC)c(F)c4F)CC3)c(F)c2F)c(F)c1F. The van der Waals surface area contributed by atoms with Gasteiger partial charge in [0.1, 0.15) is 6.61 Å². The van der Waals surface area contributed by atoms with Crippen LogP contribution in [0.2, 0.25) is 0 Å². The predicted octanol–water partition coefficient (Wildman–Crippen LogP) is 9.12. The lowest BCUT2D eigenvalue weighted by Crippen LogP contribution is -2.15. The lowest BCUT2D eigenvalue weighted by molar-refractivity contribution is 0.269. The molecule has 0 spiro atoms. The number of halogens is 6. The molecule has 3 nitrogen and oxygen atoms in total. The lowest BCUT2D eigenvalue weighted by Gasteiger charge is -2.30. The summed E-state index contributed by atoms with van der Waals surface area (Å²) in [4.78, 5) is 0. The molecule has 40 heavy (non-hydrogen) atoms. The fraction of sp³-hybridized carbons (Fsp3) is 0.419. The summed E-state index contributed by atoms with van der Waals surface area (Å²) in [7, 11) is 0. The average molecular weight is 567 g/mol. The summed E-state index contributed by atoms with van der Waals surface area (Å²) in [6.45, 7) is 3.57. The minimum atomic E-state index is -1.22. The average Bonchev–Trinajstić information content (AvgIpc) is 2.96. The maximum atomic E-state index is 15.0. The molecule has 1 aliphatic carbocycles. The molecule has 1 saturated carbocycles. The number of hydrogen-bond donors (Lipinski definition) is 0. The number of hydrogen-bond acceptors (Lipinski definition) is 3. The van der Waals surface area contributed by atoms with Gasteiger partial charge in [0, 0.05) is 5.56 Å². The number of ether oxygens (including phenoxy) is 3. The molecule has 0 bridgehead atoms. The van der Waals surface area contributed by atoms with Crippen LogP contribution in [0.4, 0.5) is 26.3 Å². The van der Waals surface area contributed by atoms with Crippen LogP contribution in [0, 0.1) is 34.9 Å². The number of unbranched alkanes of at least 4 members (excludes halogenated alkanes) is 1. The lowest BCUT2D eigenvalue weighted by atomic mass is 9.76. The van der Waals surface area contributed by atoms with Crippen molar-refractivity contribution in [1.29, 1.82) is 0 Å². The molecule has 0 atom stereocenters. The van der Waals surface area contributed by atoms with Gasteiger partial charge >= 0.3 is 0 Å². The number of benzene rings is 3. The van der Waals surface area contributed by atoms with Crippen LogP contribution in [0.25, 0.3) is 0 Å². The zero-order valence-electron chi connectivity index (χ0n) is 22.5. The fourth-order valence-corrected chi connectivity index (χ4v) is 5.09. The van der Waals surface area contributed by atoms with Crippen molar-refractivity contribution in [2.75, 3.05) is 13.2 Å². The zero-order valence-corrected chi connectivity index (χ0v) is 22.5. The number of rotatable bonds is 11. The maximum absolute atomic E-state index is 15.0. The van der Waals surface area contributed by atoms with Crippen LogP contribution in [0.3, 0.4) is 0 Å². The second-order valence-electron chi connectivity index (χ2n) is 9.88. The largest absolute Gasteiger partial charge is 0.491 e. The van der Waals surface area contributed by atoms with Gasteiger partial charge in [-0.1, -0.05) is 25.5 Å². The normalized spacial score (nSPS) is 17.1. The Hall–Kier alpha value is -3.36. The van der Waals surface area contributed by atoms with Crippen molar-refractivity contribution >= 4 is 0 Å². The Morgan fingerprint density at radius 1 is 0.575 bits per heavy atom. The first kappa shape index (κ1) is 29.6. The summed E-state index contributed by atoms with van der Waals surface area (Å²) in [6.07, 6.45) is 3.37. The third-order valence-corrected chi connectivity index (χ3v) is 7.33. The van der Waals surface area contributed by atoms with Gasteiger partial charge in [-0.25, -0.2) is 13.2 Å². The second kappa shape index (κ2) is 13.3. The van der Waals surface area contributed by atoms with Gasteiger partial charge in [-0.15, -0.1) is 0 Å². The molecule has 9 heteroatoms. The Morgan fingerprint density at radius 2 is 1.05 bits per heavy atom. The van der Waals surface area contributed by atoms with Crippen molar-refractivity contribution in [3.63, 3.8) is 0 Å². The van der Waals surface area contributed by atoms with Gasteiger partial charge in [-0.3, -0.25) is 0 Å². The minimum absolute atomic E-state index is 0.140. The summed E-state index contributed by atoms with van der Waals surface area (Å²) in [6, 6.07) is 8.15. The Morgan fingerprint density at radius 3 is 1.57 bits per heavy atom. The standard InChI is InChI=1S/C31H32F6O3/c1-3-5-16-39-24-13-10-20(26(32)29(24)35)17-40-25-15-12-22(28(34)31(25)37)19-8-6-18(7-9-19)21-11-14-23(38-4-2)30(36)27(21)33/h10-15,18-19H,3-9,16-17H2,1-2H3. The Bertz CT molecular complexity index is 1320. The van der Waals surface area contributed by atoms with E-state index in [0.29, 0.717) is 32.1 Å². The van der Waals surface area contributed by atoms with Crippen molar-refractivity contribution in [3.05, 3.63) is 88.0 Å². The van der Waals surface area contributed by atoms with E-state index in [9.17, 15) is 22.0 Å². The van der Waals surface area contributed by atoms with Crippen LogP contribution in [0.1, 0.15) is 80.9 Å². The first-order valence-electron chi connectivity index (χ1n) is 13.6. The molecule has 3 aromatic carbocycles. The summed E-state index contributed by atoms with van der Waals surface area (Å²) >= 11 is 0. The quantitative estimate of drug-likeness (QED) is 0.171. The van der Waals surface area contributed by atoms with Crippen LogP contribution in [-0.2, 0) is 6.61 Å². The van der Waals surface area contributed by atoms with E-state index in [2.05, 4.69) is 0 Å². The molecule has 4 rings (SSSR count). The highest BCUT2D eigenvalue weighted by Crippen LogP contribution is 2.43. The van der Waals surface area contributed by atoms with E-state index in [1.165, 1.54) is 36.4 Å². The molecule has 0 N–H and O–H groups in total. The van der Waals surface area contributed by atoms with Crippen molar-refractivity contribution in [1.82, 2.24) is 0 Å². The van der Waals surface area contributed by atoms with Crippen LogP contribution >= 0.6 is 0 Å². The summed E-state index contributed by atoms with van der Waals surface area (Å²) in [5.41, 5.74) is 0.243. The molecule has 0 saturated heterocycles. The predicted molar refractivity (Wildman–Crippen MR) is 139 cm³/mol. The van der Waals surface area contributed by atoms with Crippen molar-refractivity contribution in [3.8, 4) is 17.2 Å². The van der Waals surface area contributed by atoms with Gasteiger partial charge in [0.15, 0.2) is 34.7 Å². The van der Waals surface area contributed by atoms with E-state index in [1.54, 1.807) is 6.92 Å². The minimum Gasteiger partial charge on any atom is -0.491 e. The van der Waals surface area contributed by atoms with Crippen LogP contribution in [-0.4, -0.2) is 13.2 Å².